The summed E-state index contributed by atoms with van der Waals surface area (Å²) in [6, 6.07) is 5.05. The van der Waals surface area contributed by atoms with Gasteiger partial charge >= 0.3 is 5.97 Å². The van der Waals surface area contributed by atoms with Crippen LogP contribution >= 0.6 is 11.6 Å². The predicted octanol–water partition coefficient (Wildman–Crippen LogP) is 3.15. The first-order valence-electron chi connectivity index (χ1n) is 11.3. The molecule has 0 aliphatic carbocycles. The molecule has 5 nitrogen and oxygen atoms in total. The summed E-state index contributed by atoms with van der Waals surface area (Å²) in [5.74, 6) is -1.00. The lowest BCUT2D eigenvalue weighted by molar-refractivity contribution is -0.142. The van der Waals surface area contributed by atoms with Crippen molar-refractivity contribution in [1.82, 2.24) is 9.80 Å². The molecule has 1 saturated heterocycles. The van der Waals surface area contributed by atoms with Crippen molar-refractivity contribution in [2.24, 2.45) is 0 Å². The largest absolute Gasteiger partial charge is 0.480 e. The van der Waals surface area contributed by atoms with Crippen LogP contribution in [0.4, 0.5) is 0 Å². The summed E-state index contributed by atoms with van der Waals surface area (Å²) in [4.78, 5) is 14.8. The highest BCUT2D eigenvalue weighted by Gasteiger charge is 2.26. The summed E-state index contributed by atoms with van der Waals surface area (Å²) in [5.41, 5.74) is 1.04. The molecular weight excluding hydrogens is 364 g/mol. The average Bonchev–Trinajstić information content (AvgIpc) is 2.78. The van der Waals surface area contributed by atoms with Gasteiger partial charge in [-0.15, -0.1) is 0 Å². The Balaban J connectivity index is 1.86. The lowest BCUT2D eigenvalue weighted by Gasteiger charge is -2.39. The number of halogens is 1. The normalized spacial score (nSPS) is 19.5. The molecule has 1 N–H and O–H groups in total. The van der Waals surface area contributed by atoms with E-state index in [4.69, 9.17) is 28.3 Å². The molecule has 1 aliphatic heterocycles. The van der Waals surface area contributed by atoms with Crippen LogP contribution < -0.4 is 0 Å². The van der Waals surface area contributed by atoms with Gasteiger partial charge in [-0.2, -0.15) is 0 Å². The fourth-order valence-electron chi connectivity index (χ4n) is 3.20. The quantitative estimate of drug-likeness (QED) is 0.698. The molecule has 6 heteroatoms. The summed E-state index contributed by atoms with van der Waals surface area (Å²) >= 11 is 6.05. The number of carbonyl (C=O) groups is 1. The van der Waals surface area contributed by atoms with Crippen molar-refractivity contribution in [3.8, 4) is 0 Å². The number of rotatable bonds is 8. The van der Waals surface area contributed by atoms with Gasteiger partial charge in [0.25, 0.3) is 0 Å². The van der Waals surface area contributed by atoms with Crippen LogP contribution in [0.15, 0.2) is 54.5 Å². The van der Waals surface area contributed by atoms with E-state index in [2.05, 4.69) is 9.80 Å². The summed E-state index contributed by atoms with van der Waals surface area (Å²) in [6.45, 7) is 3.16. The molecule has 1 unspecified atom stereocenters. The maximum absolute atomic E-state index is 10.6. The zero-order chi connectivity index (χ0) is 23.4. The van der Waals surface area contributed by atoms with Crippen LogP contribution in [0.25, 0.3) is 0 Å². The van der Waals surface area contributed by atoms with Crippen molar-refractivity contribution >= 4 is 17.6 Å². The van der Waals surface area contributed by atoms with Gasteiger partial charge in [-0.1, -0.05) is 53.9 Å². The van der Waals surface area contributed by atoms with E-state index in [0.29, 0.717) is 44.4 Å². The standard InChI is InChI=1S/C21H25ClN2O3/c22-19-8-6-18(7-9-19)21(17-4-2-1-3-5-17)24-12-10-23(11-13-24)14-15-27-16-20(25)26/h1-9,21H,10-16H2,(H,25,26)/i1D,2D,3D,4D,5D. The Morgan fingerprint density at radius 3 is 2.41 bits per heavy atom. The SMILES string of the molecule is [2H]c1c([2H])c([2H])c(C(c2ccc(Cl)cc2)N2CCN(CCOCC(=O)O)CC2)c([2H])c1[2H]. The highest BCUT2D eigenvalue weighted by molar-refractivity contribution is 6.30. The van der Waals surface area contributed by atoms with Crippen LogP contribution in [-0.4, -0.2) is 66.8 Å². The molecule has 3 rings (SSSR count). The van der Waals surface area contributed by atoms with Crippen molar-refractivity contribution in [3.05, 3.63) is 70.6 Å². The number of benzene rings is 2. The number of hydrogen-bond donors (Lipinski definition) is 1. The Kier molecular flexibility index (Phi) is 5.16. The van der Waals surface area contributed by atoms with Gasteiger partial charge in [0.05, 0.1) is 19.5 Å². The first kappa shape index (κ1) is 14.1. The first-order chi connectivity index (χ1) is 15.2. The Morgan fingerprint density at radius 2 is 1.78 bits per heavy atom. The third-order valence-electron chi connectivity index (χ3n) is 4.53. The fraction of sp³-hybridized carbons (Fsp3) is 0.381. The number of nitrogens with zero attached hydrogens (tertiary/aromatic N) is 2. The number of hydrogen-bond acceptors (Lipinski definition) is 4. The minimum absolute atomic E-state index is 0.208. The van der Waals surface area contributed by atoms with Crippen LogP contribution in [0.1, 0.15) is 24.0 Å². The van der Waals surface area contributed by atoms with Gasteiger partial charge in [0.15, 0.2) is 0 Å². The molecule has 144 valence electrons. The minimum Gasteiger partial charge on any atom is -0.480 e. The Hall–Kier alpha value is -1.92. The molecule has 2 aromatic carbocycles. The number of piperazine rings is 1. The van der Waals surface area contributed by atoms with E-state index < -0.39 is 18.1 Å². The fourth-order valence-corrected chi connectivity index (χ4v) is 3.33. The highest BCUT2D eigenvalue weighted by atomic mass is 35.5. The first-order valence-corrected chi connectivity index (χ1v) is 9.16. The van der Waals surface area contributed by atoms with Crippen molar-refractivity contribution in [2.45, 2.75) is 6.04 Å². The Morgan fingerprint density at radius 1 is 1.11 bits per heavy atom. The van der Waals surface area contributed by atoms with Crippen LogP contribution in [0.5, 0.6) is 0 Å². The number of ether oxygens (including phenoxy) is 1. The van der Waals surface area contributed by atoms with Gasteiger partial charge in [-0.3, -0.25) is 9.80 Å². The molecule has 0 bridgehead atoms. The molecule has 1 fully saturated rings. The van der Waals surface area contributed by atoms with E-state index in [1.54, 1.807) is 12.1 Å². The number of carboxylic acids is 1. The Labute approximate surface area is 172 Å². The lowest BCUT2D eigenvalue weighted by Crippen LogP contribution is -2.48. The van der Waals surface area contributed by atoms with Crippen LogP contribution in [-0.2, 0) is 9.53 Å². The van der Waals surface area contributed by atoms with E-state index in [0.717, 1.165) is 5.56 Å². The van der Waals surface area contributed by atoms with Crippen molar-refractivity contribution in [1.29, 1.82) is 0 Å². The molecule has 0 saturated carbocycles. The number of carboxylic acid groups (broad SMARTS) is 1. The van der Waals surface area contributed by atoms with Gasteiger partial charge < -0.3 is 9.84 Å². The van der Waals surface area contributed by atoms with Crippen molar-refractivity contribution in [2.75, 3.05) is 45.9 Å². The second-order valence-electron chi connectivity index (χ2n) is 6.32. The molecule has 2 aromatic rings. The zero-order valence-corrected chi connectivity index (χ0v) is 15.6. The molecule has 0 amide bonds. The van der Waals surface area contributed by atoms with Crippen molar-refractivity contribution < 1.29 is 21.5 Å². The summed E-state index contributed by atoms with van der Waals surface area (Å²) in [5, 5.41) is 9.21. The smallest absolute Gasteiger partial charge is 0.329 e. The highest BCUT2D eigenvalue weighted by Crippen LogP contribution is 2.30. The van der Waals surface area contributed by atoms with Crippen LogP contribution in [0, 0.1) is 0 Å². The van der Waals surface area contributed by atoms with E-state index in [9.17, 15) is 4.79 Å². The third-order valence-corrected chi connectivity index (χ3v) is 4.78. The van der Waals surface area contributed by atoms with E-state index in [1.165, 1.54) is 0 Å². The van der Waals surface area contributed by atoms with Gasteiger partial charge in [0.2, 0.25) is 0 Å². The maximum atomic E-state index is 10.6. The molecular formula is C21H25ClN2O3. The average molecular weight is 394 g/mol. The van der Waals surface area contributed by atoms with Gasteiger partial charge in [0.1, 0.15) is 6.61 Å². The molecule has 0 spiro atoms. The molecule has 0 aromatic heterocycles. The monoisotopic (exact) mass is 393 g/mol. The summed E-state index contributed by atoms with van der Waals surface area (Å²) < 4.78 is 46.1. The van der Waals surface area contributed by atoms with Crippen LogP contribution in [0.3, 0.4) is 0 Å². The second kappa shape index (κ2) is 9.85. The Bertz CT molecular complexity index is 940. The lowest BCUT2D eigenvalue weighted by atomic mass is 9.96. The number of aliphatic carboxylic acids is 1. The zero-order valence-electron chi connectivity index (χ0n) is 19.9. The van der Waals surface area contributed by atoms with E-state index in [-0.39, 0.29) is 36.3 Å². The second-order valence-corrected chi connectivity index (χ2v) is 6.75. The van der Waals surface area contributed by atoms with E-state index in [1.807, 2.05) is 12.1 Å². The van der Waals surface area contributed by atoms with Gasteiger partial charge in [-0.05, 0) is 23.3 Å². The summed E-state index contributed by atoms with van der Waals surface area (Å²) in [7, 11) is 0. The maximum Gasteiger partial charge on any atom is 0.329 e. The third kappa shape index (κ3) is 5.78. The topological polar surface area (TPSA) is 53.0 Å². The molecule has 1 aliphatic rings. The van der Waals surface area contributed by atoms with Crippen LogP contribution in [0.2, 0.25) is 5.02 Å². The minimum atomic E-state index is -1.00. The molecule has 1 heterocycles. The van der Waals surface area contributed by atoms with E-state index >= 15 is 0 Å². The summed E-state index contributed by atoms with van der Waals surface area (Å²) in [6.07, 6.45) is 0. The molecule has 1 atom stereocenters. The van der Waals surface area contributed by atoms with Gasteiger partial charge in [-0.25, -0.2) is 4.79 Å². The predicted molar refractivity (Wildman–Crippen MR) is 106 cm³/mol. The molecule has 0 radical (unpaired) electrons. The van der Waals surface area contributed by atoms with Crippen molar-refractivity contribution in [3.63, 3.8) is 0 Å². The molecule has 27 heavy (non-hydrogen) atoms. The van der Waals surface area contributed by atoms with Gasteiger partial charge in [0, 0.05) is 37.7 Å².